The lowest BCUT2D eigenvalue weighted by molar-refractivity contribution is -0.122. The van der Waals surface area contributed by atoms with Gasteiger partial charge < -0.3 is 5.32 Å². The molecule has 2 rings (SSSR count). The maximum absolute atomic E-state index is 11.7. The van der Waals surface area contributed by atoms with Gasteiger partial charge in [-0.15, -0.1) is 0 Å². The molecule has 0 bridgehead atoms. The van der Waals surface area contributed by atoms with E-state index in [4.69, 9.17) is 0 Å². The summed E-state index contributed by atoms with van der Waals surface area (Å²) in [6.07, 6.45) is 1.63. The van der Waals surface area contributed by atoms with E-state index in [2.05, 4.69) is 5.32 Å². The van der Waals surface area contributed by atoms with Crippen LogP contribution < -0.4 is 5.32 Å². The van der Waals surface area contributed by atoms with Gasteiger partial charge in [-0.2, -0.15) is 0 Å². The molecule has 0 aliphatic carbocycles. The van der Waals surface area contributed by atoms with Crippen LogP contribution >= 0.6 is 0 Å². The molecule has 1 N–H and O–H groups in total. The van der Waals surface area contributed by atoms with Crippen LogP contribution in [0, 0.1) is 0 Å². The third-order valence-electron chi connectivity index (χ3n) is 2.87. The Morgan fingerprint density at radius 3 is 2.69 bits per heavy atom. The SMILES string of the molecule is O=C1CNC(C(=O)CCc2ccccc2)C1. The molecule has 1 aliphatic heterocycles. The van der Waals surface area contributed by atoms with Crippen molar-refractivity contribution in [1.82, 2.24) is 5.32 Å². The van der Waals surface area contributed by atoms with Crippen molar-refractivity contribution < 1.29 is 9.59 Å². The second-order valence-electron chi connectivity index (χ2n) is 4.13. The second kappa shape index (κ2) is 5.03. The lowest BCUT2D eigenvalue weighted by atomic mass is 10.0. The van der Waals surface area contributed by atoms with Gasteiger partial charge in [0, 0.05) is 12.8 Å². The lowest BCUT2D eigenvalue weighted by Crippen LogP contribution is -2.30. The molecule has 0 saturated carbocycles. The molecule has 0 aromatic heterocycles. The molecule has 1 saturated heterocycles. The largest absolute Gasteiger partial charge is 0.300 e. The van der Waals surface area contributed by atoms with Gasteiger partial charge in [-0.05, 0) is 12.0 Å². The van der Waals surface area contributed by atoms with E-state index in [1.807, 2.05) is 30.3 Å². The van der Waals surface area contributed by atoms with Crippen molar-refractivity contribution >= 4 is 11.6 Å². The smallest absolute Gasteiger partial charge is 0.150 e. The average Bonchev–Trinajstić information content (AvgIpc) is 2.74. The maximum atomic E-state index is 11.7. The Labute approximate surface area is 94.9 Å². The minimum absolute atomic E-state index is 0.137. The summed E-state index contributed by atoms with van der Waals surface area (Å²) in [5, 5.41) is 2.94. The molecule has 0 amide bonds. The highest BCUT2D eigenvalue weighted by atomic mass is 16.1. The third-order valence-corrected chi connectivity index (χ3v) is 2.87. The van der Waals surface area contributed by atoms with Gasteiger partial charge in [0.25, 0.3) is 0 Å². The van der Waals surface area contributed by atoms with Gasteiger partial charge in [0.2, 0.25) is 0 Å². The molecular weight excluding hydrogens is 202 g/mol. The summed E-state index contributed by atoms with van der Waals surface area (Å²) < 4.78 is 0. The van der Waals surface area contributed by atoms with Gasteiger partial charge in [-0.25, -0.2) is 0 Å². The first-order chi connectivity index (χ1) is 7.75. The van der Waals surface area contributed by atoms with Crippen LogP contribution in [0.2, 0.25) is 0 Å². The number of ketones is 2. The molecule has 1 fully saturated rings. The molecule has 16 heavy (non-hydrogen) atoms. The zero-order chi connectivity index (χ0) is 11.4. The Hall–Kier alpha value is -1.48. The number of carbonyl (C=O) groups excluding carboxylic acids is 2. The predicted molar refractivity (Wildman–Crippen MR) is 61.2 cm³/mol. The first-order valence-corrected chi connectivity index (χ1v) is 5.57. The van der Waals surface area contributed by atoms with Crippen molar-refractivity contribution in [1.29, 1.82) is 0 Å². The molecule has 0 spiro atoms. The summed E-state index contributed by atoms with van der Waals surface area (Å²) >= 11 is 0. The second-order valence-corrected chi connectivity index (χ2v) is 4.13. The molecule has 1 unspecified atom stereocenters. The number of Topliss-reactive ketones (excluding diaryl/α,β-unsaturated/α-hetero) is 2. The van der Waals surface area contributed by atoms with Gasteiger partial charge in [0.1, 0.15) is 5.78 Å². The normalized spacial score (nSPS) is 20.0. The Morgan fingerprint density at radius 2 is 2.06 bits per heavy atom. The predicted octanol–water partition coefficient (Wildman–Crippen LogP) is 1.12. The first kappa shape index (κ1) is 11.0. The van der Waals surface area contributed by atoms with Crippen molar-refractivity contribution in [3.63, 3.8) is 0 Å². The van der Waals surface area contributed by atoms with E-state index in [1.54, 1.807) is 0 Å². The summed E-state index contributed by atoms with van der Waals surface area (Å²) in [5.74, 6) is 0.285. The van der Waals surface area contributed by atoms with Crippen LogP contribution in [0.4, 0.5) is 0 Å². The van der Waals surface area contributed by atoms with Crippen LogP contribution in [0.1, 0.15) is 18.4 Å². The zero-order valence-corrected chi connectivity index (χ0v) is 9.11. The van der Waals surface area contributed by atoms with Gasteiger partial charge in [-0.3, -0.25) is 9.59 Å². The molecule has 3 heteroatoms. The molecule has 1 aliphatic rings. The highest BCUT2D eigenvalue weighted by Gasteiger charge is 2.26. The molecular formula is C13H15NO2. The third kappa shape index (κ3) is 2.76. The standard InChI is InChI=1S/C13H15NO2/c15-11-8-12(14-9-11)13(16)7-6-10-4-2-1-3-5-10/h1-5,12,14H,6-9H2. The number of hydrogen-bond donors (Lipinski definition) is 1. The summed E-state index contributed by atoms with van der Waals surface area (Å²) in [7, 11) is 0. The fraction of sp³-hybridized carbons (Fsp3) is 0.385. The van der Waals surface area contributed by atoms with Gasteiger partial charge in [0.05, 0.1) is 12.6 Å². The number of hydrogen-bond acceptors (Lipinski definition) is 3. The van der Waals surface area contributed by atoms with E-state index < -0.39 is 0 Å². The van der Waals surface area contributed by atoms with Crippen molar-refractivity contribution in [2.45, 2.75) is 25.3 Å². The maximum Gasteiger partial charge on any atom is 0.150 e. The molecule has 1 heterocycles. The minimum atomic E-state index is -0.240. The summed E-state index contributed by atoms with van der Waals surface area (Å²) in [6.45, 7) is 0.349. The average molecular weight is 217 g/mol. The van der Waals surface area contributed by atoms with Crippen molar-refractivity contribution in [3.8, 4) is 0 Å². The fourth-order valence-electron chi connectivity index (χ4n) is 1.92. The molecule has 3 nitrogen and oxygen atoms in total. The van der Waals surface area contributed by atoms with Gasteiger partial charge in [-0.1, -0.05) is 30.3 Å². The van der Waals surface area contributed by atoms with Crippen molar-refractivity contribution in [2.24, 2.45) is 0 Å². The Morgan fingerprint density at radius 1 is 1.31 bits per heavy atom. The van der Waals surface area contributed by atoms with Crippen LogP contribution in [0.15, 0.2) is 30.3 Å². The number of aryl methyl sites for hydroxylation is 1. The van der Waals surface area contributed by atoms with Gasteiger partial charge in [0.15, 0.2) is 5.78 Å². The monoisotopic (exact) mass is 217 g/mol. The Bertz CT molecular complexity index is 386. The minimum Gasteiger partial charge on any atom is -0.300 e. The van der Waals surface area contributed by atoms with E-state index in [1.165, 1.54) is 5.56 Å². The quantitative estimate of drug-likeness (QED) is 0.822. The van der Waals surface area contributed by atoms with Gasteiger partial charge >= 0.3 is 0 Å². The highest BCUT2D eigenvalue weighted by molar-refractivity contribution is 5.94. The lowest BCUT2D eigenvalue weighted by Gasteiger charge is -2.07. The number of nitrogens with one attached hydrogen (secondary N) is 1. The number of rotatable bonds is 4. The van der Waals surface area contributed by atoms with E-state index >= 15 is 0 Å². The molecule has 1 aromatic rings. The topological polar surface area (TPSA) is 46.2 Å². The van der Waals surface area contributed by atoms with Crippen LogP contribution in [0.3, 0.4) is 0 Å². The Balaban J connectivity index is 1.82. The first-order valence-electron chi connectivity index (χ1n) is 5.57. The van der Waals surface area contributed by atoms with Crippen LogP contribution in [0.25, 0.3) is 0 Å². The zero-order valence-electron chi connectivity index (χ0n) is 9.11. The Kier molecular flexibility index (Phi) is 3.47. The molecule has 0 radical (unpaired) electrons. The summed E-state index contributed by atoms with van der Waals surface area (Å²) in [4.78, 5) is 22.8. The van der Waals surface area contributed by atoms with Crippen LogP contribution in [0.5, 0.6) is 0 Å². The molecule has 1 aromatic carbocycles. The molecule has 1 atom stereocenters. The van der Waals surface area contributed by atoms with E-state index in [0.717, 1.165) is 6.42 Å². The van der Waals surface area contributed by atoms with Crippen molar-refractivity contribution in [3.05, 3.63) is 35.9 Å². The van der Waals surface area contributed by atoms with E-state index in [-0.39, 0.29) is 17.6 Å². The van der Waals surface area contributed by atoms with Crippen LogP contribution in [-0.4, -0.2) is 24.2 Å². The fourth-order valence-corrected chi connectivity index (χ4v) is 1.92. The number of benzene rings is 1. The number of carbonyl (C=O) groups is 2. The van der Waals surface area contributed by atoms with Crippen LogP contribution in [-0.2, 0) is 16.0 Å². The van der Waals surface area contributed by atoms with E-state index in [9.17, 15) is 9.59 Å². The molecule has 84 valence electrons. The summed E-state index contributed by atoms with van der Waals surface area (Å²) in [5.41, 5.74) is 1.17. The summed E-state index contributed by atoms with van der Waals surface area (Å²) in [6, 6.07) is 9.69. The van der Waals surface area contributed by atoms with Crippen molar-refractivity contribution in [2.75, 3.05) is 6.54 Å². The van der Waals surface area contributed by atoms with E-state index in [0.29, 0.717) is 19.4 Å². The highest BCUT2D eigenvalue weighted by Crippen LogP contribution is 2.08.